The van der Waals surface area contributed by atoms with Crippen molar-refractivity contribution in [2.24, 2.45) is 0 Å². The zero-order chi connectivity index (χ0) is 28.7. The van der Waals surface area contributed by atoms with Crippen molar-refractivity contribution in [1.82, 2.24) is 0 Å². The number of hydrogen-bond donors (Lipinski definition) is 2. The van der Waals surface area contributed by atoms with Gasteiger partial charge in [0.25, 0.3) is 0 Å². The number of allylic oxidation sites excluding steroid dienone is 1. The lowest BCUT2D eigenvalue weighted by molar-refractivity contribution is -0.138. The third-order valence-corrected chi connectivity index (χ3v) is 7.16. The molecule has 216 valence electrons. The van der Waals surface area contributed by atoms with Gasteiger partial charge in [0.15, 0.2) is 0 Å². The van der Waals surface area contributed by atoms with Gasteiger partial charge in [0, 0.05) is 30.0 Å². The summed E-state index contributed by atoms with van der Waals surface area (Å²) in [5.74, 6) is -0.731. The molecule has 4 N–H and O–H groups in total. The second-order valence-corrected chi connectivity index (χ2v) is 10.5. The molecule has 1 unspecified atom stereocenters. The van der Waals surface area contributed by atoms with Crippen molar-refractivity contribution < 1.29 is 23.8 Å². The van der Waals surface area contributed by atoms with Crippen LogP contribution in [0.4, 0.5) is 11.4 Å². The number of carbonyl (C=O) groups is 2. The fourth-order valence-corrected chi connectivity index (χ4v) is 4.87. The second-order valence-electron chi connectivity index (χ2n) is 10.5. The highest BCUT2D eigenvalue weighted by molar-refractivity contribution is 5.90. The van der Waals surface area contributed by atoms with Gasteiger partial charge in [-0.25, -0.2) is 9.59 Å². The zero-order valence-electron chi connectivity index (χ0n) is 23.7. The quantitative estimate of drug-likeness (QED) is 0.0824. The van der Waals surface area contributed by atoms with Crippen molar-refractivity contribution >= 4 is 29.4 Å². The van der Waals surface area contributed by atoms with E-state index in [0.29, 0.717) is 16.9 Å². The van der Waals surface area contributed by atoms with Crippen molar-refractivity contribution in [1.29, 1.82) is 0 Å². The maximum Gasteiger partial charge on any atom is 0.338 e. The van der Waals surface area contributed by atoms with Crippen molar-refractivity contribution in [2.75, 3.05) is 24.7 Å². The molecule has 1 aliphatic carbocycles. The summed E-state index contributed by atoms with van der Waals surface area (Å²) < 4.78 is 17.2. The van der Waals surface area contributed by atoms with E-state index in [9.17, 15) is 9.59 Å². The van der Waals surface area contributed by atoms with Crippen LogP contribution in [0, 0.1) is 0 Å². The molecule has 1 atom stereocenters. The van der Waals surface area contributed by atoms with Gasteiger partial charge >= 0.3 is 11.9 Å². The summed E-state index contributed by atoms with van der Waals surface area (Å²) in [6, 6.07) is 12.5. The van der Waals surface area contributed by atoms with E-state index in [1.54, 1.807) is 36.4 Å². The summed E-state index contributed by atoms with van der Waals surface area (Å²) in [6.45, 7) is 6.85. The Balaban J connectivity index is 1.44. The van der Waals surface area contributed by atoms with Gasteiger partial charge in [-0.3, -0.25) is 0 Å². The van der Waals surface area contributed by atoms with Gasteiger partial charge in [-0.05, 0) is 92.5 Å². The summed E-state index contributed by atoms with van der Waals surface area (Å²) in [7, 11) is 0. The molecule has 0 amide bonds. The van der Waals surface area contributed by atoms with Gasteiger partial charge in [-0.1, -0.05) is 38.0 Å². The highest BCUT2D eigenvalue weighted by Gasteiger charge is 2.24. The molecule has 0 aliphatic heterocycles. The molecule has 0 saturated heterocycles. The Kier molecular flexibility index (Phi) is 12.8. The number of benzene rings is 2. The molecule has 7 heteroatoms. The Morgan fingerprint density at radius 3 is 2.33 bits per heavy atom. The minimum absolute atomic E-state index is 0.0262. The largest absolute Gasteiger partial charge is 0.462 e. The van der Waals surface area contributed by atoms with Gasteiger partial charge in [-0.2, -0.15) is 0 Å². The van der Waals surface area contributed by atoms with Gasteiger partial charge in [0.05, 0.1) is 18.3 Å². The molecule has 2 aromatic carbocycles. The van der Waals surface area contributed by atoms with Crippen LogP contribution in [0.3, 0.4) is 0 Å². The van der Waals surface area contributed by atoms with Crippen LogP contribution in [-0.2, 0) is 19.0 Å². The van der Waals surface area contributed by atoms with Crippen LogP contribution in [0.15, 0.2) is 61.2 Å². The molecule has 0 spiro atoms. The summed E-state index contributed by atoms with van der Waals surface area (Å²) in [4.78, 5) is 25.0. The van der Waals surface area contributed by atoms with Crippen molar-refractivity contribution in [2.45, 2.75) is 82.8 Å². The number of esters is 2. The van der Waals surface area contributed by atoms with Crippen LogP contribution in [-0.4, -0.2) is 37.4 Å². The standard InChI is InChI=1S/C33H44N2O5/c1-3-5-7-19-38-30-14-16-31(17-15-30)40-33(37)25-12-9-24(10-13-25)11-18-32(36)39-23-26(8-6-4-2)27-20-28(34)22-29(35)21-27/h3,9-13,18,20-22,26,30-31H,1,4-8,14-17,19,23,34-35H2,2H3/b18-11+. The average molecular weight is 549 g/mol. The summed E-state index contributed by atoms with van der Waals surface area (Å²) in [6.07, 6.45) is 13.4. The van der Waals surface area contributed by atoms with E-state index >= 15 is 0 Å². The van der Waals surface area contributed by atoms with Gasteiger partial charge < -0.3 is 25.7 Å². The number of unbranched alkanes of at least 4 members (excludes halogenated alkanes) is 2. The molecule has 7 nitrogen and oxygen atoms in total. The van der Waals surface area contributed by atoms with E-state index in [4.69, 9.17) is 25.7 Å². The van der Waals surface area contributed by atoms with Crippen LogP contribution in [0.2, 0.25) is 0 Å². The normalized spacial score (nSPS) is 17.8. The molecule has 0 aromatic heterocycles. The molecule has 0 radical (unpaired) electrons. The van der Waals surface area contributed by atoms with E-state index in [-0.39, 0.29) is 30.7 Å². The summed E-state index contributed by atoms with van der Waals surface area (Å²) in [5.41, 5.74) is 15.4. The first kappa shape index (κ1) is 31.0. The van der Waals surface area contributed by atoms with Crippen LogP contribution < -0.4 is 11.5 Å². The lowest BCUT2D eigenvalue weighted by Crippen LogP contribution is -2.28. The summed E-state index contributed by atoms with van der Waals surface area (Å²) in [5, 5.41) is 0. The first-order valence-corrected chi connectivity index (χ1v) is 14.4. The maximum atomic E-state index is 12.6. The Labute approximate surface area is 238 Å². The fraction of sp³-hybridized carbons (Fsp3) is 0.455. The first-order chi connectivity index (χ1) is 19.4. The predicted molar refractivity (Wildman–Crippen MR) is 161 cm³/mol. The maximum absolute atomic E-state index is 12.6. The number of nitrogen functional groups attached to an aromatic ring is 2. The average Bonchev–Trinajstić information content (AvgIpc) is 2.95. The van der Waals surface area contributed by atoms with Crippen LogP contribution in [0.1, 0.15) is 92.1 Å². The van der Waals surface area contributed by atoms with Crippen molar-refractivity contribution in [3.05, 3.63) is 77.9 Å². The molecular weight excluding hydrogens is 504 g/mol. The Morgan fingerprint density at radius 1 is 1.00 bits per heavy atom. The van der Waals surface area contributed by atoms with Crippen molar-refractivity contribution in [3.8, 4) is 0 Å². The topological polar surface area (TPSA) is 114 Å². The highest BCUT2D eigenvalue weighted by Crippen LogP contribution is 2.27. The van der Waals surface area contributed by atoms with E-state index < -0.39 is 5.97 Å². The SMILES string of the molecule is C=CCCCOC1CCC(OC(=O)c2ccc(/C=C/C(=O)OCC(CCCC)c3cc(N)cc(N)c3)cc2)CC1. The lowest BCUT2D eigenvalue weighted by Gasteiger charge is -2.28. The van der Waals surface area contributed by atoms with E-state index in [2.05, 4.69) is 13.5 Å². The minimum atomic E-state index is -0.429. The Bertz CT molecular complexity index is 1100. The Hall–Kier alpha value is -3.58. The number of hydrogen-bond acceptors (Lipinski definition) is 7. The number of nitrogens with two attached hydrogens (primary N) is 2. The summed E-state index contributed by atoms with van der Waals surface area (Å²) >= 11 is 0. The zero-order valence-corrected chi connectivity index (χ0v) is 23.7. The van der Waals surface area contributed by atoms with Gasteiger partial charge in [-0.15, -0.1) is 6.58 Å². The van der Waals surface area contributed by atoms with Crippen LogP contribution >= 0.6 is 0 Å². The number of rotatable bonds is 15. The van der Waals surface area contributed by atoms with Crippen LogP contribution in [0.5, 0.6) is 0 Å². The number of anilines is 2. The monoisotopic (exact) mass is 548 g/mol. The lowest BCUT2D eigenvalue weighted by atomic mass is 9.93. The van der Waals surface area contributed by atoms with Crippen LogP contribution in [0.25, 0.3) is 6.08 Å². The Morgan fingerprint density at radius 2 is 1.68 bits per heavy atom. The third kappa shape index (κ3) is 10.5. The number of carbonyl (C=O) groups excluding carboxylic acids is 2. The first-order valence-electron chi connectivity index (χ1n) is 14.4. The van der Waals surface area contributed by atoms with E-state index in [1.807, 2.05) is 18.2 Å². The molecule has 3 rings (SSSR count). The molecule has 2 aromatic rings. The molecule has 1 aliphatic rings. The van der Waals surface area contributed by atoms with Gasteiger partial charge in [0.2, 0.25) is 0 Å². The predicted octanol–water partition coefficient (Wildman–Crippen LogP) is 6.83. The second kappa shape index (κ2) is 16.5. The fourth-order valence-electron chi connectivity index (χ4n) is 4.87. The van der Waals surface area contributed by atoms with E-state index in [0.717, 1.165) is 75.5 Å². The molecule has 0 heterocycles. The van der Waals surface area contributed by atoms with E-state index in [1.165, 1.54) is 6.08 Å². The minimum Gasteiger partial charge on any atom is -0.462 e. The highest BCUT2D eigenvalue weighted by atomic mass is 16.5. The van der Waals surface area contributed by atoms with Crippen molar-refractivity contribution in [3.63, 3.8) is 0 Å². The molecule has 40 heavy (non-hydrogen) atoms. The molecule has 1 saturated carbocycles. The molecule has 0 bridgehead atoms. The molecule has 1 fully saturated rings. The van der Waals surface area contributed by atoms with Gasteiger partial charge in [0.1, 0.15) is 6.10 Å². The number of ether oxygens (including phenoxy) is 3. The smallest absolute Gasteiger partial charge is 0.338 e. The third-order valence-electron chi connectivity index (χ3n) is 7.16. The molecular formula is C33H44N2O5.